The lowest BCUT2D eigenvalue weighted by Crippen LogP contribution is -2.47. The molecular formula is C60H114N2O11. The molecule has 0 N–H and O–H groups in total. The van der Waals surface area contributed by atoms with Gasteiger partial charge >= 0.3 is 29.8 Å². The van der Waals surface area contributed by atoms with Crippen LogP contribution in [0.2, 0.25) is 0 Å². The number of unbranched alkanes of at least 4 members (excludes halogenated alkanes) is 15. The lowest BCUT2D eigenvalue weighted by Gasteiger charge is -2.32. The number of ether oxygens (including phenoxy) is 5. The molecule has 0 aliphatic carbocycles. The van der Waals surface area contributed by atoms with Gasteiger partial charge in [-0.3, -0.25) is 28.8 Å². The van der Waals surface area contributed by atoms with Gasteiger partial charge < -0.3 is 33.5 Å². The summed E-state index contributed by atoms with van der Waals surface area (Å²) in [6.45, 7) is 17.5. The number of esters is 5. The largest absolute Gasteiger partial charge is 0.463 e. The van der Waals surface area contributed by atoms with Crippen LogP contribution in [0.25, 0.3) is 0 Å². The Hall–Kier alpha value is -3.22. The van der Waals surface area contributed by atoms with Crippen molar-refractivity contribution in [3.63, 3.8) is 0 Å². The Labute approximate surface area is 447 Å². The van der Waals surface area contributed by atoms with Crippen molar-refractivity contribution in [2.24, 2.45) is 0 Å². The third kappa shape index (κ3) is 44.8. The van der Waals surface area contributed by atoms with Crippen molar-refractivity contribution in [2.45, 2.75) is 311 Å². The first kappa shape index (κ1) is 71.9. The molecule has 0 aromatic heterocycles. The first-order valence-corrected chi connectivity index (χ1v) is 30.2. The highest BCUT2D eigenvalue weighted by molar-refractivity contribution is 5.82. The van der Waals surface area contributed by atoms with Crippen LogP contribution in [0.5, 0.6) is 0 Å². The van der Waals surface area contributed by atoms with Crippen molar-refractivity contribution >= 4 is 35.8 Å². The number of nitrogens with zero attached hydrogens (tertiary/aromatic N) is 2. The Balaban J connectivity index is 0. The Bertz CT molecular complexity index is 1280. The van der Waals surface area contributed by atoms with Crippen LogP contribution in [-0.2, 0) is 52.5 Å². The lowest BCUT2D eigenvalue weighted by atomic mass is 10.1. The molecule has 13 heteroatoms. The number of carbonyl (C=O) groups is 6. The molecule has 0 aromatic rings. The maximum atomic E-state index is 14.0. The van der Waals surface area contributed by atoms with E-state index in [2.05, 4.69) is 41.5 Å². The summed E-state index contributed by atoms with van der Waals surface area (Å²) in [6.07, 6.45) is 28.7. The minimum absolute atomic E-state index is 0.0106. The van der Waals surface area contributed by atoms with E-state index in [0.29, 0.717) is 58.0 Å². The summed E-state index contributed by atoms with van der Waals surface area (Å²) in [5.74, 6) is -1.81. The summed E-state index contributed by atoms with van der Waals surface area (Å²) in [6, 6.07) is -0.747. The monoisotopic (exact) mass is 1040 g/mol. The van der Waals surface area contributed by atoms with E-state index in [-0.39, 0.29) is 75.1 Å². The van der Waals surface area contributed by atoms with Gasteiger partial charge in [-0.05, 0) is 111 Å². The Morgan fingerprint density at radius 3 is 1.00 bits per heavy atom. The number of hydrogen-bond donors (Lipinski definition) is 0. The molecule has 13 nitrogen and oxygen atoms in total. The molecular weight excluding hydrogens is 925 g/mol. The predicted octanol–water partition coefficient (Wildman–Crippen LogP) is 14.8. The molecule has 0 fully saturated rings. The molecule has 73 heavy (non-hydrogen) atoms. The maximum Gasteiger partial charge on any atom is 0.306 e. The fourth-order valence-electron chi connectivity index (χ4n) is 8.84. The molecule has 0 aliphatic rings. The molecule has 0 heterocycles. The van der Waals surface area contributed by atoms with E-state index in [1.807, 2.05) is 32.8 Å². The molecule has 1 amide bonds. The minimum atomic E-state index is -0.747. The van der Waals surface area contributed by atoms with E-state index in [0.717, 1.165) is 135 Å². The second kappa shape index (κ2) is 52.2. The van der Waals surface area contributed by atoms with Gasteiger partial charge in [-0.15, -0.1) is 0 Å². The molecule has 0 aromatic carbocycles. The molecule has 0 radical (unpaired) electrons. The second-order valence-corrected chi connectivity index (χ2v) is 20.3. The predicted molar refractivity (Wildman–Crippen MR) is 297 cm³/mol. The number of hydrogen-bond acceptors (Lipinski definition) is 12. The van der Waals surface area contributed by atoms with E-state index >= 15 is 0 Å². The van der Waals surface area contributed by atoms with Crippen LogP contribution < -0.4 is 0 Å². The van der Waals surface area contributed by atoms with Crippen LogP contribution in [0.15, 0.2) is 0 Å². The smallest absolute Gasteiger partial charge is 0.306 e. The van der Waals surface area contributed by atoms with E-state index in [1.54, 1.807) is 4.90 Å². The van der Waals surface area contributed by atoms with E-state index in [1.165, 1.54) is 25.7 Å². The molecule has 430 valence electrons. The van der Waals surface area contributed by atoms with E-state index < -0.39 is 23.9 Å². The van der Waals surface area contributed by atoms with Crippen LogP contribution in [0, 0.1) is 0 Å². The van der Waals surface area contributed by atoms with Crippen LogP contribution in [-0.4, -0.2) is 110 Å². The molecule has 0 saturated carbocycles. The zero-order chi connectivity index (χ0) is 54.7. The molecule has 3 unspecified atom stereocenters. The summed E-state index contributed by atoms with van der Waals surface area (Å²) in [7, 11) is 3.91. The highest BCUT2D eigenvalue weighted by atomic mass is 16.6. The molecule has 3 atom stereocenters. The summed E-state index contributed by atoms with van der Waals surface area (Å²) >= 11 is 0. The van der Waals surface area contributed by atoms with Gasteiger partial charge in [0.25, 0.3) is 0 Å². The number of rotatable bonds is 50. The number of carbonyl (C=O) groups excluding carboxylic acids is 6. The Morgan fingerprint density at radius 2 is 0.671 bits per heavy atom. The third-order valence-electron chi connectivity index (χ3n) is 13.1. The standard InChI is InChI=1S/C58H108N2O11.C2H6/c1-9-15-18-25-36-50(33-12-4)69-56(64)41-30-23-21-28-39-54(62)67-47-49(48-68-55(63)40-29-22-24-31-42-57(65)70-51(34-13-5)37-26-19-16-10-2)60(46-32-45-59(7)8)53(61)43-44-58(66)71-52(35-14-6)38-27-20-17-11-3;1-2/h49-52H,9-48H2,1-8H3;1-2H3. The van der Waals surface area contributed by atoms with Gasteiger partial charge in [0.2, 0.25) is 5.91 Å². The molecule has 0 saturated heterocycles. The average molecular weight is 1040 g/mol. The topological polar surface area (TPSA) is 155 Å². The van der Waals surface area contributed by atoms with Crippen LogP contribution in [0.3, 0.4) is 0 Å². The summed E-state index contributed by atoms with van der Waals surface area (Å²) in [5, 5.41) is 0. The molecule has 0 aliphatic heterocycles. The van der Waals surface area contributed by atoms with Gasteiger partial charge in [0.15, 0.2) is 0 Å². The highest BCUT2D eigenvalue weighted by Gasteiger charge is 2.28. The van der Waals surface area contributed by atoms with Crippen LogP contribution in [0.1, 0.15) is 287 Å². The van der Waals surface area contributed by atoms with Crippen molar-refractivity contribution in [3.05, 3.63) is 0 Å². The Kier molecular flexibility index (Phi) is 51.4. The van der Waals surface area contributed by atoms with Crippen molar-refractivity contribution in [3.8, 4) is 0 Å². The van der Waals surface area contributed by atoms with Crippen molar-refractivity contribution in [1.82, 2.24) is 9.80 Å². The lowest BCUT2D eigenvalue weighted by molar-refractivity contribution is -0.156. The minimum Gasteiger partial charge on any atom is -0.463 e. The molecule has 0 bridgehead atoms. The quantitative estimate of drug-likeness (QED) is 0.0323. The first-order chi connectivity index (χ1) is 35.3. The summed E-state index contributed by atoms with van der Waals surface area (Å²) in [5.41, 5.74) is 0. The van der Waals surface area contributed by atoms with Crippen molar-refractivity contribution in [2.75, 3.05) is 40.4 Å². The van der Waals surface area contributed by atoms with Crippen LogP contribution in [0.4, 0.5) is 0 Å². The molecule has 0 spiro atoms. The third-order valence-corrected chi connectivity index (χ3v) is 13.1. The van der Waals surface area contributed by atoms with Gasteiger partial charge in [-0.1, -0.05) is 158 Å². The second-order valence-electron chi connectivity index (χ2n) is 20.3. The van der Waals surface area contributed by atoms with Crippen LogP contribution >= 0.6 is 0 Å². The van der Waals surface area contributed by atoms with Crippen molar-refractivity contribution < 1.29 is 52.5 Å². The fraction of sp³-hybridized carbons (Fsp3) is 0.900. The molecule has 0 rings (SSSR count). The normalized spacial score (nSPS) is 12.8. The van der Waals surface area contributed by atoms with Gasteiger partial charge in [0.1, 0.15) is 31.5 Å². The zero-order valence-electron chi connectivity index (χ0n) is 49.0. The van der Waals surface area contributed by atoms with Crippen molar-refractivity contribution in [1.29, 1.82) is 0 Å². The average Bonchev–Trinajstić information content (AvgIpc) is 3.36. The van der Waals surface area contributed by atoms with Gasteiger partial charge in [-0.25, -0.2) is 0 Å². The SMILES string of the molecule is CC.CCCCCCC(CCC)OC(=O)CCCCCCC(=O)OCC(COC(=O)CCCCCCC(=O)OC(CCC)CCCCCC)N(CCCN(C)C)C(=O)CCC(=O)OC(CCC)CCCCCC. The zero-order valence-corrected chi connectivity index (χ0v) is 49.0. The van der Waals surface area contributed by atoms with Gasteiger partial charge in [0.05, 0.1) is 12.5 Å². The van der Waals surface area contributed by atoms with E-state index in [4.69, 9.17) is 23.7 Å². The Morgan fingerprint density at radius 1 is 0.342 bits per heavy atom. The highest BCUT2D eigenvalue weighted by Crippen LogP contribution is 2.19. The summed E-state index contributed by atoms with van der Waals surface area (Å²) < 4.78 is 29.0. The van der Waals surface area contributed by atoms with Gasteiger partial charge in [0, 0.05) is 38.6 Å². The number of amides is 1. The first-order valence-electron chi connectivity index (χ1n) is 30.2. The van der Waals surface area contributed by atoms with Gasteiger partial charge in [-0.2, -0.15) is 0 Å². The van der Waals surface area contributed by atoms with E-state index in [9.17, 15) is 28.8 Å². The maximum absolute atomic E-state index is 14.0. The summed E-state index contributed by atoms with van der Waals surface area (Å²) in [4.78, 5) is 82.2. The fourth-order valence-corrected chi connectivity index (χ4v) is 8.84.